The van der Waals surface area contributed by atoms with Crippen LogP contribution in [-0.4, -0.2) is 41.8 Å². The van der Waals surface area contributed by atoms with Crippen LogP contribution in [0.2, 0.25) is 0 Å². The molecule has 0 radical (unpaired) electrons. The number of phenolic OH excluding ortho intramolecular Hbond substituents is 1. The Kier molecular flexibility index (Phi) is 5.24. The molecule has 0 bridgehead atoms. The average molecular weight is 436 g/mol. The molecular weight excluding hydrogens is 416 g/mol. The van der Waals surface area contributed by atoms with E-state index in [1.165, 1.54) is 17.3 Å². The third-order valence-electron chi connectivity index (χ3n) is 5.05. The summed E-state index contributed by atoms with van der Waals surface area (Å²) in [6.45, 7) is 0. The van der Waals surface area contributed by atoms with Crippen molar-refractivity contribution in [1.82, 2.24) is 8.96 Å². The summed E-state index contributed by atoms with van der Waals surface area (Å²) in [4.78, 5) is 15.5. The molecule has 0 amide bonds. The Bertz CT molecular complexity index is 1390. The molecule has 0 aliphatic heterocycles. The number of rotatable bonds is 5. The van der Waals surface area contributed by atoms with Gasteiger partial charge in [-0.25, -0.2) is 12.4 Å². The average Bonchev–Trinajstić information content (AvgIpc) is 3.14. The number of carbonyl (C=O) groups excluding carboxylic acids is 1. The summed E-state index contributed by atoms with van der Waals surface area (Å²) in [6.07, 6.45) is 4.35. The minimum Gasteiger partial charge on any atom is -0.507 e. The first-order chi connectivity index (χ1) is 14.8. The van der Waals surface area contributed by atoms with Crippen LogP contribution in [0.25, 0.3) is 33.3 Å². The van der Waals surface area contributed by atoms with Gasteiger partial charge in [-0.05, 0) is 29.3 Å². The zero-order chi connectivity index (χ0) is 22.2. The van der Waals surface area contributed by atoms with Crippen LogP contribution in [0, 0.1) is 0 Å². The number of hydrogen-bond acceptors (Lipinski definition) is 6. The van der Waals surface area contributed by atoms with Crippen molar-refractivity contribution < 1.29 is 23.1 Å². The van der Waals surface area contributed by atoms with Gasteiger partial charge in [-0.1, -0.05) is 36.4 Å². The van der Waals surface area contributed by atoms with Gasteiger partial charge < -0.3 is 9.84 Å². The Labute approximate surface area is 179 Å². The second-order valence-electron chi connectivity index (χ2n) is 7.14. The maximum atomic E-state index is 12.5. The number of para-hydroxylation sites is 1. The van der Waals surface area contributed by atoms with Crippen molar-refractivity contribution >= 4 is 26.9 Å². The first-order valence-corrected chi connectivity index (χ1v) is 11.3. The molecule has 0 fully saturated rings. The molecule has 0 aliphatic carbocycles. The van der Waals surface area contributed by atoms with Crippen LogP contribution in [-0.2, 0) is 26.0 Å². The molecule has 2 aromatic heterocycles. The second kappa shape index (κ2) is 7.88. The number of esters is 1. The molecule has 7 nitrogen and oxygen atoms in total. The highest BCUT2D eigenvalue weighted by Crippen LogP contribution is 2.40. The van der Waals surface area contributed by atoms with Crippen LogP contribution in [0.1, 0.15) is 5.56 Å². The van der Waals surface area contributed by atoms with E-state index in [0.29, 0.717) is 27.7 Å². The predicted molar refractivity (Wildman–Crippen MR) is 118 cm³/mol. The molecule has 2 heterocycles. The quantitative estimate of drug-likeness (QED) is 0.480. The van der Waals surface area contributed by atoms with E-state index in [2.05, 4.69) is 9.72 Å². The smallest absolute Gasteiger partial charge is 0.309 e. The maximum absolute atomic E-state index is 12.5. The topological polar surface area (TPSA) is 98.5 Å². The number of ether oxygens (including phenoxy) is 1. The Morgan fingerprint density at radius 1 is 1.10 bits per heavy atom. The van der Waals surface area contributed by atoms with Gasteiger partial charge in [0.1, 0.15) is 5.75 Å². The lowest BCUT2D eigenvalue weighted by Gasteiger charge is -2.13. The van der Waals surface area contributed by atoms with Gasteiger partial charge in [0.2, 0.25) is 10.0 Å². The predicted octanol–water partition coefficient (Wildman–Crippen LogP) is 3.60. The van der Waals surface area contributed by atoms with E-state index in [-0.39, 0.29) is 18.1 Å². The van der Waals surface area contributed by atoms with Gasteiger partial charge in [0.05, 0.1) is 37.2 Å². The van der Waals surface area contributed by atoms with E-state index in [9.17, 15) is 18.3 Å². The Morgan fingerprint density at radius 2 is 1.81 bits per heavy atom. The van der Waals surface area contributed by atoms with Crippen LogP contribution in [0.3, 0.4) is 0 Å². The van der Waals surface area contributed by atoms with Crippen molar-refractivity contribution in [2.45, 2.75) is 6.42 Å². The molecule has 4 aromatic rings. The number of nitrogens with zero attached hydrogens (tertiary/aromatic N) is 2. The highest BCUT2D eigenvalue weighted by molar-refractivity contribution is 7.89. The van der Waals surface area contributed by atoms with Crippen LogP contribution in [0.5, 0.6) is 5.75 Å². The number of fused-ring (bicyclic) bond motifs is 1. The minimum atomic E-state index is -3.66. The highest BCUT2D eigenvalue weighted by atomic mass is 32.2. The van der Waals surface area contributed by atoms with Crippen molar-refractivity contribution in [2.75, 3.05) is 13.4 Å². The molecule has 0 atom stereocenters. The van der Waals surface area contributed by atoms with Gasteiger partial charge >= 0.3 is 5.97 Å². The van der Waals surface area contributed by atoms with E-state index in [4.69, 9.17) is 0 Å². The van der Waals surface area contributed by atoms with Crippen molar-refractivity contribution in [1.29, 1.82) is 0 Å². The zero-order valence-electron chi connectivity index (χ0n) is 16.9. The normalized spacial score (nSPS) is 11.5. The van der Waals surface area contributed by atoms with Gasteiger partial charge in [0.15, 0.2) is 0 Å². The molecule has 1 N–H and O–H groups in total. The first kappa shape index (κ1) is 20.6. The van der Waals surface area contributed by atoms with E-state index >= 15 is 0 Å². The summed E-state index contributed by atoms with van der Waals surface area (Å²) < 4.78 is 30.9. The second-order valence-corrected chi connectivity index (χ2v) is 8.97. The van der Waals surface area contributed by atoms with Gasteiger partial charge in [-0.15, -0.1) is 0 Å². The summed E-state index contributed by atoms with van der Waals surface area (Å²) in [5.41, 5.74) is 3.25. The molecule has 8 heteroatoms. The molecular formula is C23H20N2O5S. The third-order valence-corrected chi connectivity index (χ3v) is 6.10. The fraction of sp³-hybridized carbons (Fsp3) is 0.130. The van der Waals surface area contributed by atoms with Gasteiger partial charge in [-0.2, -0.15) is 0 Å². The number of methoxy groups -OCH3 is 1. The summed E-state index contributed by atoms with van der Waals surface area (Å²) in [5, 5.41) is 11.8. The fourth-order valence-corrected chi connectivity index (χ4v) is 4.61. The molecule has 2 aromatic carbocycles. The van der Waals surface area contributed by atoms with Gasteiger partial charge in [-0.3, -0.25) is 9.78 Å². The van der Waals surface area contributed by atoms with Gasteiger partial charge in [0, 0.05) is 22.7 Å². The maximum Gasteiger partial charge on any atom is 0.309 e. The Morgan fingerprint density at radius 3 is 2.48 bits per heavy atom. The molecule has 0 saturated carbocycles. The number of aromatic nitrogens is 2. The summed E-state index contributed by atoms with van der Waals surface area (Å²) in [7, 11) is -2.32. The Balaban J connectivity index is 1.84. The summed E-state index contributed by atoms with van der Waals surface area (Å²) >= 11 is 0. The largest absolute Gasteiger partial charge is 0.507 e. The van der Waals surface area contributed by atoms with Crippen molar-refractivity contribution in [2.24, 2.45) is 0 Å². The SMILES string of the molecule is COC(=O)Cc1ccc(-c2cccc(-c3cc4ccncc4n3S(C)(=O)=O)c2O)cc1. The molecule has 0 saturated heterocycles. The molecule has 0 unspecified atom stereocenters. The lowest BCUT2D eigenvalue weighted by molar-refractivity contribution is -0.139. The van der Waals surface area contributed by atoms with E-state index in [0.717, 1.165) is 17.4 Å². The molecule has 0 aliphatic rings. The van der Waals surface area contributed by atoms with Crippen LogP contribution >= 0.6 is 0 Å². The number of benzene rings is 2. The lowest BCUT2D eigenvalue weighted by atomic mass is 9.98. The Hall–Kier alpha value is -3.65. The van der Waals surface area contributed by atoms with Crippen LogP contribution in [0.4, 0.5) is 0 Å². The molecule has 31 heavy (non-hydrogen) atoms. The molecule has 0 spiro atoms. The standard InChI is InChI=1S/C23H20N2O5S/c1-30-22(26)12-15-6-8-16(9-7-15)18-4-3-5-19(23(18)27)20-13-17-10-11-24-14-21(17)25(20)31(2,28)29/h3-11,13-14,27H,12H2,1-2H3. The van der Waals surface area contributed by atoms with Crippen molar-refractivity contribution in [3.8, 4) is 28.1 Å². The number of pyridine rings is 1. The van der Waals surface area contributed by atoms with Crippen molar-refractivity contribution in [3.63, 3.8) is 0 Å². The van der Waals surface area contributed by atoms with Crippen LogP contribution in [0.15, 0.2) is 67.0 Å². The summed E-state index contributed by atoms with van der Waals surface area (Å²) in [5.74, 6) is -0.371. The minimum absolute atomic E-state index is 0.0381. The number of phenols is 1. The van der Waals surface area contributed by atoms with Crippen molar-refractivity contribution in [3.05, 3.63) is 72.6 Å². The number of carbonyl (C=O) groups is 1. The summed E-state index contributed by atoms with van der Waals surface area (Å²) in [6, 6.07) is 15.8. The highest BCUT2D eigenvalue weighted by Gasteiger charge is 2.21. The number of hydrogen-bond donors (Lipinski definition) is 1. The third kappa shape index (κ3) is 3.89. The number of aromatic hydroxyl groups is 1. The fourth-order valence-electron chi connectivity index (χ4n) is 3.59. The van der Waals surface area contributed by atoms with E-state index in [1.807, 2.05) is 0 Å². The first-order valence-electron chi connectivity index (χ1n) is 9.44. The zero-order valence-corrected chi connectivity index (χ0v) is 17.8. The van der Waals surface area contributed by atoms with E-state index < -0.39 is 10.0 Å². The lowest BCUT2D eigenvalue weighted by Crippen LogP contribution is -2.11. The monoisotopic (exact) mass is 436 g/mol. The van der Waals surface area contributed by atoms with Crippen LogP contribution < -0.4 is 0 Å². The molecule has 4 rings (SSSR count). The molecule has 158 valence electrons. The van der Waals surface area contributed by atoms with Gasteiger partial charge in [0.25, 0.3) is 0 Å². The van der Waals surface area contributed by atoms with E-state index in [1.54, 1.807) is 60.8 Å².